The number of nitrogens with two attached hydrogens (primary N) is 1. The maximum atomic E-state index is 11.2. The normalized spacial score (nSPS) is 22.3. The third kappa shape index (κ3) is 1.89. The Bertz CT molecular complexity index is 410. The highest BCUT2D eigenvalue weighted by Gasteiger charge is 2.26. The highest BCUT2D eigenvalue weighted by Crippen LogP contribution is 2.28. The highest BCUT2D eigenvalue weighted by atomic mass is 32.2. The quantitative estimate of drug-likeness (QED) is 0.740. The number of nitrogen functional groups attached to an aromatic ring is 1. The van der Waals surface area contributed by atoms with Gasteiger partial charge in [-0.25, -0.2) is 8.42 Å². The Balaban J connectivity index is 2.09. The number of sulfone groups is 1. The standard InChI is InChI=1S/C8H12N2O3S/c9-8-10-7(5-13-8)6-1-3-14(11,12)4-2-6/h5-6H,1-4H2,(H2,9,10). The van der Waals surface area contributed by atoms with E-state index in [0.29, 0.717) is 12.8 Å². The SMILES string of the molecule is Nc1nc(C2CCS(=O)(=O)CC2)co1. The molecule has 0 aromatic carbocycles. The summed E-state index contributed by atoms with van der Waals surface area (Å²) < 4.78 is 27.2. The molecule has 1 fully saturated rings. The zero-order chi connectivity index (χ0) is 10.2. The first-order chi connectivity index (χ1) is 6.57. The van der Waals surface area contributed by atoms with E-state index in [1.54, 1.807) is 0 Å². The lowest BCUT2D eigenvalue weighted by molar-refractivity contribution is 0.538. The van der Waals surface area contributed by atoms with E-state index in [1.807, 2.05) is 0 Å². The van der Waals surface area contributed by atoms with E-state index in [4.69, 9.17) is 10.2 Å². The summed E-state index contributed by atoms with van der Waals surface area (Å²) >= 11 is 0. The number of anilines is 1. The van der Waals surface area contributed by atoms with Gasteiger partial charge in [0.1, 0.15) is 16.1 Å². The second kappa shape index (κ2) is 3.27. The van der Waals surface area contributed by atoms with E-state index in [-0.39, 0.29) is 23.4 Å². The van der Waals surface area contributed by atoms with Gasteiger partial charge >= 0.3 is 0 Å². The first kappa shape index (κ1) is 9.51. The molecule has 0 atom stereocenters. The molecule has 5 nitrogen and oxygen atoms in total. The lowest BCUT2D eigenvalue weighted by Crippen LogP contribution is -2.22. The van der Waals surface area contributed by atoms with Crippen molar-refractivity contribution < 1.29 is 12.8 Å². The van der Waals surface area contributed by atoms with Gasteiger partial charge in [-0.05, 0) is 12.8 Å². The lowest BCUT2D eigenvalue weighted by Gasteiger charge is -2.19. The summed E-state index contributed by atoms with van der Waals surface area (Å²) in [6.07, 6.45) is 2.75. The van der Waals surface area contributed by atoms with E-state index in [0.717, 1.165) is 5.69 Å². The van der Waals surface area contributed by atoms with Crippen LogP contribution in [0.1, 0.15) is 24.5 Å². The molecule has 2 heterocycles. The van der Waals surface area contributed by atoms with Crippen molar-refractivity contribution in [2.75, 3.05) is 17.2 Å². The number of nitrogens with zero attached hydrogens (tertiary/aromatic N) is 1. The van der Waals surface area contributed by atoms with E-state index >= 15 is 0 Å². The minimum absolute atomic E-state index is 0.147. The van der Waals surface area contributed by atoms with Crippen molar-refractivity contribution in [2.24, 2.45) is 0 Å². The molecular formula is C8H12N2O3S. The molecule has 1 aliphatic heterocycles. The largest absolute Gasteiger partial charge is 0.432 e. The Morgan fingerprint density at radius 1 is 1.43 bits per heavy atom. The van der Waals surface area contributed by atoms with Gasteiger partial charge < -0.3 is 10.2 Å². The van der Waals surface area contributed by atoms with Gasteiger partial charge in [0, 0.05) is 5.92 Å². The number of aromatic nitrogens is 1. The molecule has 0 bridgehead atoms. The molecule has 0 spiro atoms. The van der Waals surface area contributed by atoms with Crippen LogP contribution in [-0.4, -0.2) is 24.9 Å². The van der Waals surface area contributed by atoms with Crippen molar-refractivity contribution >= 4 is 15.9 Å². The molecule has 0 radical (unpaired) electrons. The van der Waals surface area contributed by atoms with Crippen LogP contribution >= 0.6 is 0 Å². The fraction of sp³-hybridized carbons (Fsp3) is 0.625. The third-order valence-corrected chi connectivity index (χ3v) is 4.23. The molecule has 1 aromatic heterocycles. The van der Waals surface area contributed by atoms with Crippen molar-refractivity contribution in [1.29, 1.82) is 0 Å². The summed E-state index contributed by atoms with van der Waals surface area (Å²) in [5, 5.41) is 0. The first-order valence-electron chi connectivity index (χ1n) is 4.48. The molecule has 14 heavy (non-hydrogen) atoms. The molecular weight excluding hydrogens is 204 g/mol. The van der Waals surface area contributed by atoms with Crippen molar-refractivity contribution in [2.45, 2.75) is 18.8 Å². The van der Waals surface area contributed by atoms with Crippen molar-refractivity contribution in [3.63, 3.8) is 0 Å². The van der Waals surface area contributed by atoms with Gasteiger partial charge in [-0.3, -0.25) is 0 Å². The van der Waals surface area contributed by atoms with Crippen LogP contribution in [0, 0.1) is 0 Å². The second-order valence-corrected chi connectivity index (χ2v) is 5.84. The van der Waals surface area contributed by atoms with Crippen LogP contribution in [0.15, 0.2) is 10.7 Å². The Morgan fingerprint density at radius 2 is 2.07 bits per heavy atom. The zero-order valence-electron chi connectivity index (χ0n) is 7.64. The monoisotopic (exact) mass is 216 g/mol. The van der Waals surface area contributed by atoms with E-state index in [2.05, 4.69) is 4.98 Å². The van der Waals surface area contributed by atoms with Gasteiger partial charge in [-0.1, -0.05) is 0 Å². The summed E-state index contributed by atoms with van der Waals surface area (Å²) in [7, 11) is -2.81. The Labute approximate surface area is 82.2 Å². The van der Waals surface area contributed by atoms with Crippen LogP contribution in [-0.2, 0) is 9.84 Å². The topological polar surface area (TPSA) is 86.2 Å². The molecule has 0 aliphatic carbocycles. The van der Waals surface area contributed by atoms with E-state index in [9.17, 15) is 8.42 Å². The average molecular weight is 216 g/mol. The maximum Gasteiger partial charge on any atom is 0.292 e. The number of hydrogen-bond acceptors (Lipinski definition) is 5. The lowest BCUT2D eigenvalue weighted by atomic mass is 10.00. The van der Waals surface area contributed by atoms with Gasteiger partial charge in [-0.2, -0.15) is 4.98 Å². The minimum atomic E-state index is -2.81. The number of rotatable bonds is 1. The van der Waals surface area contributed by atoms with Crippen LogP contribution in [0.4, 0.5) is 6.01 Å². The Kier molecular flexibility index (Phi) is 2.22. The molecule has 2 rings (SSSR count). The zero-order valence-corrected chi connectivity index (χ0v) is 8.46. The Morgan fingerprint density at radius 3 is 2.57 bits per heavy atom. The highest BCUT2D eigenvalue weighted by molar-refractivity contribution is 7.91. The van der Waals surface area contributed by atoms with Crippen LogP contribution in [0.3, 0.4) is 0 Å². The molecule has 0 saturated carbocycles. The van der Waals surface area contributed by atoms with Crippen LogP contribution in [0.2, 0.25) is 0 Å². The van der Waals surface area contributed by atoms with Crippen LogP contribution < -0.4 is 5.73 Å². The number of oxazole rings is 1. The summed E-state index contributed by atoms with van der Waals surface area (Å²) in [6, 6.07) is 0.147. The van der Waals surface area contributed by atoms with Crippen molar-refractivity contribution in [3.8, 4) is 0 Å². The molecule has 1 aromatic rings. The van der Waals surface area contributed by atoms with Gasteiger partial charge in [0.25, 0.3) is 6.01 Å². The molecule has 0 unspecified atom stereocenters. The smallest absolute Gasteiger partial charge is 0.292 e. The summed E-state index contributed by atoms with van der Waals surface area (Å²) in [5.41, 5.74) is 6.12. The molecule has 2 N–H and O–H groups in total. The third-order valence-electron chi connectivity index (χ3n) is 2.51. The predicted molar refractivity (Wildman–Crippen MR) is 51.5 cm³/mol. The molecule has 0 amide bonds. The molecule has 1 saturated heterocycles. The van der Waals surface area contributed by atoms with Gasteiger partial charge in [0.05, 0.1) is 17.2 Å². The summed E-state index contributed by atoms with van der Waals surface area (Å²) in [5.74, 6) is 0.661. The van der Waals surface area contributed by atoms with Crippen LogP contribution in [0.25, 0.3) is 0 Å². The van der Waals surface area contributed by atoms with Crippen LogP contribution in [0.5, 0.6) is 0 Å². The maximum absolute atomic E-state index is 11.2. The van der Waals surface area contributed by atoms with Gasteiger partial charge in [0.2, 0.25) is 0 Å². The fourth-order valence-electron chi connectivity index (χ4n) is 1.67. The molecule has 78 valence electrons. The number of hydrogen-bond donors (Lipinski definition) is 1. The molecule has 1 aliphatic rings. The van der Waals surface area contributed by atoms with E-state index < -0.39 is 9.84 Å². The summed E-state index contributed by atoms with van der Waals surface area (Å²) in [4.78, 5) is 4.00. The van der Waals surface area contributed by atoms with Gasteiger partial charge in [0.15, 0.2) is 0 Å². The predicted octanol–water partition coefficient (Wildman–Crippen LogP) is 0.549. The van der Waals surface area contributed by atoms with Gasteiger partial charge in [-0.15, -0.1) is 0 Å². The average Bonchev–Trinajstić information content (AvgIpc) is 2.52. The van der Waals surface area contributed by atoms with E-state index in [1.165, 1.54) is 6.26 Å². The minimum Gasteiger partial charge on any atom is -0.432 e. The van der Waals surface area contributed by atoms with Crippen molar-refractivity contribution in [3.05, 3.63) is 12.0 Å². The van der Waals surface area contributed by atoms with Crippen molar-refractivity contribution in [1.82, 2.24) is 4.98 Å². The first-order valence-corrected chi connectivity index (χ1v) is 6.30. The second-order valence-electron chi connectivity index (χ2n) is 3.54. The Hall–Kier alpha value is -1.04. The molecule has 6 heteroatoms. The fourth-order valence-corrected chi connectivity index (χ4v) is 3.17. The summed E-state index contributed by atoms with van der Waals surface area (Å²) in [6.45, 7) is 0.